The second kappa shape index (κ2) is 6.84. The van der Waals surface area contributed by atoms with E-state index in [0.29, 0.717) is 19.6 Å². The van der Waals surface area contributed by atoms with Crippen molar-refractivity contribution in [2.75, 3.05) is 19.6 Å². The van der Waals surface area contributed by atoms with Crippen LogP contribution in [0.15, 0.2) is 0 Å². The van der Waals surface area contributed by atoms with Gasteiger partial charge in [0.1, 0.15) is 0 Å². The van der Waals surface area contributed by atoms with Crippen LogP contribution in [0.5, 0.6) is 0 Å². The Balaban J connectivity index is 4.31. The van der Waals surface area contributed by atoms with Gasteiger partial charge in [0.25, 0.3) is 0 Å². The summed E-state index contributed by atoms with van der Waals surface area (Å²) in [7, 11) is 0. The minimum absolute atomic E-state index is 0.0565. The molecule has 0 aliphatic heterocycles. The maximum absolute atomic E-state index is 11.8. The van der Waals surface area contributed by atoms with E-state index in [9.17, 15) is 9.90 Å². The van der Waals surface area contributed by atoms with Crippen molar-refractivity contribution in [2.24, 2.45) is 11.3 Å². The van der Waals surface area contributed by atoms with Gasteiger partial charge < -0.3 is 15.3 Å². The number of carbonyl (C=O) groups is 1. The predicted octanol–water partition coefficient (Wildman–Crippen LogP) is 2.08. The smallest absolute Gasteiger partial charge is 0.317 e. The molecule has 0 saturated heterocycles. The summed E-state index contributed by atoms with van der Waals surface area (Å²) < 4.78 is 0. The number of carbonyl (C=O) groups excluding carboxylic acids is 1. The average molecular weight is 244 g/mol. The summed E-state index contributed by atoms with van der Waals surface area (Å²) in [5, 5.41) is 12.9. The highest BCUT2D eigenvalue weighted by atomic mass is 16.3. The van der Waals surface area contributed by atoms with Gasteiger partial charge in [-0.3, -0.25) is 0 Å². The van der Waals surface area contributed by atoms with Crippen LogP contribution in [-0.4, -0.2) is 41.8 Å². The molecule has 2 amide bonds. The van der Waals surface area contributed by atoms with Crippen LogP contribution in [0.4, 0.5) is 4.79 Å². The zero-order chi connectivity index (χ0) is 13.6. The molecule has 2 N–H and O–H groups in total. The van der Waals surface area contributed by atoms with Crippen molar-refractivity contribution >= 4 is 6.03 Å². The van der Waals surface area contributed by atoms with Gasteiger partial charge in [-0.05, 0) is 19.8 Å². The lowest BCUT2D eigenvalue weighted by Gasteiger charge is -2.34. The third kappa shape index (κ3) is 4.94. The van der Waals surface area contributed by atoms with Crippen molar-refractivity contribution in [3.8, 4) is 0 Å². The molecule has 4 heteroatoms. The number of nitrogens with zero attached hydrogens (tertiary/aromatic N) is 1. The van der Waals surface area contributed by atoms with Gasteiger partial charge in [0, 0.05) is 25.0 Å². The number of aliphatic hydroxyl groups is 1. The summed E-state index contributed by atoms with van der Waals surface area (Å²) in [6.45, 7) is 13.7. The van der Waals surface area contributed by atoms with Gasteiger partial charge in [0.2, 0.25) is 0 Å². The van der Waals surface area contributed by atoms with Crippen molar-refractivity contribution < 1.29 is 9.90 Å². The molecule has 0 rings (SSSR count). The zero-order valence-electron chi connectivity index (χ0n) is 12.1. The first-order valence-electron chi connectivity index (χ1n) is 6.47. The Labute approximate surface area is 105 Å². The molecule has 0 bridgehead atoms. The topological polar surface area (TPSA) is 52.6 Å². The van der Waals surface area contributed by atoms with Crippen LogP contribution in [0.3, 0.4) is 0 Å². The highest BCUT2D eigenvalue weighted by molar-refractivity contribution is 5.74. The van der Waals surface area contributed by atoms with Gasteiger partial charge in [-0.25, -0.2) is 4.79 Å². The van der Waals surface area contributed by atoms with Gasteiger partial charge >= 0.3 is 6.03 Å². The molecule has 0 aliphatic carbocycles. The third-order valence-electron chi connectivity index (χ3n) is 3.18. The Morgan fingerprint density at radius 2 is 1.76 bits per heavy atom. The van der Waals surface area contributed by atoms with Gasteiger partial charge in [0.15, 0.2) is 0 Å². The van der Waals surface area contributed by atoms with Crippen LogP contribution >= 0.6 is 0 Å². The fourth-order valence-corrected chi connectivity index (χ4v) is 1.93. The summed E-state index contributed by atoms with van der Waals surface area (Å²) in [6, 6.07) is -0.0565. The average Bonchev–Trinajstić information content (AvgIpc) is 2.27. The van der Waals surface area contributed by atoms with Crippen LogP contribution in [0, 0.1) is 11.3 Å². The van der Waals surface area contributed by atoms with Gasteiger partial charge in [-0.1, -0.05) is 27.7 Å². The van der Waals surface area contributed by atoms with E-state index in [0.717, 1.165) is 0 Å². The lowest BCUT2D eigenvalue weighted by molar-refractivity contribution is 0.0145. The van der Waals surface area contributed by atoms with Crippen molar-refractivity contribution in [3.05, 3.63) is 0 Å². The second-order valence-corrected chi connectivity index (χ2v) is 5.51. The van der Waals surface area contributed by atoms with Gasteiger partial charge in [0.05, 0.1) is 6.10 Å². The largest absolute Gasteiger partial charge is 0.392 e. The molecule has 1 unspecified atom stereocenters. The Morgan fingerprint density at radius 1 is 1.29 bits per heavy atom. The molecular weight excluding hydrogens is 216 g/mol. The van der Waals surface area contributed by atoms with Gasteiger partial charge in [-0.15, -0.1) is 0 Å². The zero-order valence-corrected chi connectivity index (χ0v) is 12.1. The molecule has 0 saturated carbocycles. The molecule has 0 aliphatic rings. The molecule has 0 heterocycles. The van der Waals surface area contributed by atoms with Crippen molar-refractivity contribution in [3.63, 3.8) is 0 Å². The van der Waals surface area contributed by atoms with E-state index in [2.05, 4.69) is 5.32 Å². The first-order valence-corrected chi connectivity index (χ1v) is 6.47. The summed E-state index contributed by atoms with van der Waals surface area (Å²) >= 11 is 0. The van der Waals surface area contributed by atoms with Crippen molar-refractivity contribution in [1.29, 1.82) is 0 Å². The number of hydrogen-bond acceptors (Lipinski definition) is 2. The van der Waals surface area contributed by atoms with Crippen molar-refractivity contribution in [2.45, 2.75) is 47.6 Å². The van der Waals surface area contributed by atoms with Crippen LogP contribution < -0.4 is 5.32 Å². The summed E-state index contributed by atoms with van der Waals surface area (Å²) in [6.07, 6.45) is -0.417. The standard InChI is InChI=1S/C13H28N2O2/c1-7-15(8-2)12(17)14-9-13(5,6)11(16)10(3)4/h10-11,16H,7-9H2,1-6H3,(H,14,17). The lowest BCUT2D eigenvalue weighted by atomic mass is 9.81. The molecule has 0 spiro atoms. The quantitative estimate of drug-likeness (QED) is 0.751. The SMILES string of the molecule is CCN(CC)C(=O)NCC(C)(C)C(O)C(C)C. The number of rotatable bonds is 6. The number of hydrogen-bond donors (Lipinski definition) is 2. The first kappa shape index (κ1) is 16.2. The minimum atomic E-state index is -0.417. The van der Waals surface area contributed by atoms with Gasteiger partial charge in [-0.2, -0.15) is 0 Å². The molecule has 0 aromatic rings. The Hall–Kier alpha value is -0.770. The maximum Gasteiger partial charge on any atom is 0.317 e. The molecule has 0 aromatic carbocycles. The Kier molecular flexibility index (Phi) is 6.53. The first-order chi connectivity index (χ1) is 7.76. The van der Waals surface area contributed by atoms with Crippen LogP contribution in [-0.2, 0) is 0 Å². The predicted molar refractivity (Wildman–Crippen MR) is 70.9 cm³/mol. The summed E-state index contributed by atoms with van der Waals surface area (Å²) in [5.74, 6) is 0.190. The monoisotopic (exact) mass is 244 g/mol. The fraction of sp³-hybridized carbons (Fsp3) is 0.923. The number of aliphatic hydroxyl groups excluding tert-OH is 1. The van der Waals surface area contributed by atoms with Crippen LogP contribution in [0.1, 0.15) is 41.5 Å². The fourth-order valence-electron chi connectivity index (χ4n) is 1.93. The second-order valence-electron chi connectivity index (χ2n) is 5.51. The lowest BCUT2D eigenvalue weighted by Crippen LogP contribution is -2.47. The summed E-state index contributed by atoms with van der Waals surface area (Å²) in [4.78, 5) is 13.5. The summed E-state index contributed by atoms with van der Waals surface area (Å²) in [5.41, 5.74) is -0.309. The van der Waals surface area contributed by atoms with E-state index < -0.39 is 6.10 Å². The molecule has 102 valence electrons. The van der Waals surface area contributed by atoms with Crippen molar-refractivity contribution in [1.82, 2.24) is 10.2 Å². The molecule has 0 radical (unpaired) electrons. The van der Waals surface area contributed by atoms with E-state index in [1.54, 1.807) is 4.90 Å². The molecule has 0 aromatic heterocycles. The highest BCUT2D eigenvalue weighted by Gasteiger charge is 2.30. The molecule has 1 atom stereocenters. The van der Waals surface area contributed by atoms with E-state index in [1.807, 2.05) is 41.5 Å². The molecule has 4 nitrogen and oxygen atoms in total. The van der Waals surface area contributed by atoms with E-state index in [1.165, 1.54) is 0 Å². The van der Waals surface area contributed by atoms with Crippen LogP contribution in [0.25, 0.3) is 0 Å². The normalized spacial score (nSPS) is 13.6. The Bertz CT molecular complexity index is 236. The Morgan fingerprint density at radius 3 is 2.12 bits per heavy atom. The van der Waals surface area contributed by atoms with Crippen LogP contribution in [0.2, 0.25) is 0 Å². The highest BCUT2D eigenvalue weighted by Crippen LogP contribution is 2.25. The molecule has 0 fully saturated rings. The maximum atomic E-state index is 11.8. The number of nitrogens with one attached hydrogen (secondary N) is 1. The third-order valence-corrected chi connectivity index (χ3v) is 3.18. The minimum Gasteiger partial charge on any atom is -0.392 e. The number of urea groups is 1. The molecule has 17 heavy (non-hydrogen) atoms. The van der Waals surface area contributed by atoms with E-state index in [-0.39, 0.29) is 17.4 Å². The molecular formula is C13H28N2O2. The van der Waals surface area contributed by atoms with E-state index >= 15 is 0 Å². The number of amides is 2. The van der Waals surface area contributed by atoms with E-state index in [4.69, 9.17) is 0 Å².